The summed E-state index contributed by atoms with van der Waals surface area (Å²) in [6.07, 6.45) is 2.27. The van der Waals surface area contributed by atoms with E-state index in [1.54, 1.807) is 16.8 Å². The Morgan fingerprint density at radius 2 is 2.00 bits per heavy atom. The minimum atomic E-state index is -0.795. The highest BCUT2D eigenvalue weighted by atomic mass is 16.4. The molecule has 6 nitrogen and oxygen atoms in total. The van der Waals surface area contributed by atoms with E-state index in [9.17, 15) is 14.7 Å². The highest BCUT2D eigenvalue weighted by Crippen LogP contribution is 2.28. The minimum absolute atomic E-state index is 0.0192. The van der Waals surface area contributed by atoms with E-state index in [-0.39, 0.29) is 24.5 Å². The molecular formula is C13H22N2O4. The van der Waals surface area contributed by atoms with Gasteiger partial charge in [-0.15, -0.1) is 0 Å². The Balaban J connectivity index is 1.75. The number of carboxylic acids is 1. The number of hydrogen-bond acceptors (Lipinski definition) is 3. The molecule has 2 amide bonds. The minimum Gasteiger partial charge on any atom is -0.481 e. The zero-order valence-electron chi connectivity index (χ0n) is 11.3. The number of carbonyl (C=O) groups is 2. The zero-order valence-corrected chi connectivity index (χ0v) is 11.3. The van der Waals surface area contributed by atoms with Gasteiger partial charge < -0.3 is 20.0 Å². The third-order valence-electron chi connectivity index (χ3n) is 4.09. The molecule has 0 aromatic rings. The number of hydrogen-bond donors (Lipinski definition) is 2. The van der Waals surface area contributed by atoms with Gasteiger partial charge in [-0.1, -0.05) is 0 Å². The first kappa shape index (κ1) is 14.1. The molecule has 1 aliphatic carbocycles. The second kappa shape index (κ2) is 5.77. The predicted molar refractivity (Wildman–Crippen MR) is 68.7 cm³/mol. The molecule has 2 fully saturated rings. The maximum Gasteiger partial charge on any atom is 0.319 e. The summed E-state index contributed by atoms with van der Waals surface area (Å²) < 4.78 is 0. The normalized spacial score (nSPS) is 30.0. The number of carbonyl (C=O) groups excluding carboxylic acids is 1. The van der Waals surface area contributed by atoms with Crippen molar-refractivity contribution >= 4 is 12.0 Å². The van der Waals surface area contributed by atoms with Crippen molar-refractivity contribution in [2.24, 2.45) is 11.8 Å². The van der Waals surface area contributed by atoms with Gasteiger partial charge >= 0.3 is 12.0 Å². The van der Waals surface area contributed by atoms with E-state index in [4.69, 9.17) is 5.11 Å². The topological polar surface area (TPSA) is 81.1 Å². The van der Waals surface area contributed by atoms with Crippen LogP contribution in [-0.2, 0) is 4.79 Å². The smallest absolute Gasteiger partial charge is 0.319 e. The van der Waals surface area contributed by atoms with Crippen LogP contribution in [0.15, 0.2) is 0 Å². The van der Waals surface area contributed by atoms with Gasteiger partial charge in [0.15, 0.2) is 0 Å². The van der Waals surface area contributed by atoms with Crippen LogP contribution < -0.4 is 0 Å². The molecule has 1 saturated carbocycles. The molecule has 1 unspecified atom stereocenters. The first-order valence-corrected chi connectivity index (χ1v) is 6.85. The lowest BCUT2D eigenvalue weighted by Gasteiger charge is -2.35. The van der Waals surface area contributed by atoms with Gasteiger partial charge in [-0.2, -0.15) is 0 Å². The number of aliphatic hydroxyl groups excluding tert-OH is 1. The van der Waals surface area contributed by atoms with E-state index in [2.05, 4.69) is 0 Å². The molecule has 1 heterocycles. The average molecular weight is 270 g/mol. The Morgan fingerprint density at radius 1 is 1.32 bits per heavy atom. The fourth-order valence-corrected chi connectivity index (χ4v) is 2.98. The average Bonchev–Trinajstić information content (AvgIpc) is 2.73. The molecule has 0 aromatic heterocycles. The first-order valence-electron chi connectivity index (χ1n) is 6.85. The lowest BCUT2D eigenvalue weighted by atomic mass is 9.82. The van der Waals surface area contributed by atoms with Crippen LogP contribution in [0.4, 0.5) is 4.79 Å². The molecule has 0 aromatic carbocycles. The van der Waals surface area contributed by atoms with E-state index < -0.39 is 5.97 Å². The van der Waals surface area contributed by atoms with Gasteiger partial charge in [-0.25, -0.2) is 4.79 Å². The number of likely N-dealkylation sites (tertiary alicyclic amines) is 1. The molecule has 0 radical (unpaired) electrons. The fourth-order valence-electron chi connectivity index (χ4n) is 2.98. The summed E-state index contributed by atoms with van der Waals surface area (Å²) in [6.45, 7) is 1.87. The van der Waals surface area contributed by atoms with Crippen LogP contribution in [0.5, 0.6) is 0 Å². The molecule has 0 bridgehead atoms. The quantitative estimate of drug-likeness (QED) is 0.784. The molecule has 108 valence electrons. The lowest BCUT2D eigenvalue weighted by molar-refractivity contribution is -0.138. The van der Waals surface area contributed by atoms with Gasteiger partial charge in [-0.05, 0) is 31.1 Å². The summed E-state index contributed by atoms with van der Waals surface area (Å²) in [5.74, 6) is -0.308. The van der Waals surface area contributed by atoms with Crippen molar-refractivity contribution < 1.29 is 19.8 Å². The Morgan fingerprint density at radius 3 is 2.58 bits per heavy atom. The van der Waals surface area contributed by atoms with E-state index in [0.717, 1.165) is 19.3 Å². The number of amides is 2. The lowest BCUT2D eigenvalue weighted by Crippen LogP contribution is -2.45. The zero-order chi connectivity index (χ0) is 14.0. The third kappa shape index (κ3) is 3.59. The van der Waals surface area contributed by atoms with Crippen LogP contribution in [0, 0.1) is 11.8 Å². The molecule has 2 N–H and O–H groups in total. The molecule has 1 aliphatic heterocycles. The Labute approximate surface area is 113 Å². The Hall–Kier alpha value is -1.30. The molecule has 1 atom stereocenters. The highest BCUT2D eigenvalue weighted by molar-refractivity contribution is 5.74. The van der Waals surface area contributed by atoms with Crippen LogP contribution in [0.2, 0.25) is 0 Å². The number of urea groups is 1. The standard InChI is InChI=1S/C13H22N2O4/c1-14(7-10-4-11(16)5-10)13(19)15-3-2-9(8-15)6-12(17)18/h9-11,16H,2-8H2,1H3,(H,17,18). The largest absolute Gasteiger partial charge is 0.481 e. The molecule has 0 spiro atoms. The van der Waals surface area contributed by atoms with Crippen molar-refractivity contribution in [2.45, 2.75) is 31.8 Å². The number of nitrogens with zero attached hydrogens (tertiary/aromatic N) is 2. The summed E-state index contributed by atoms with van der Waals surface area (Å²) in [5.41, 5.74) is 0. The number of rotatable bonds is 4. The van der Waals surface area contributed by atoms with Crippen molar-refractivity contribution in [2.75, 3.05) is 26.7 Å². The highest BCUT2D eigenvalue weighted by Gasteiger charge is 2.32. The van der Waals surface area contributed by atoms with Gasteiger partial charge in [-0.3, -0.25) is 4.79 Å². The Bertz CT molecular complexity index is 355. The van der Waals surface area contributed by atoms with Gasteiger partial charge in [0.2, 0.25) is 0 Å². The summed E-state index contributed by atoms with van der Waals surface area (Å²) in [4.78, 5) is 26.3. The predicted octanol–water partition coefficient (Wildman–Crippen LogP) is 0.606. The van der Waals surface area contributed by atoms with Crippen LogP contribution in [0.3, 0.4) is 0 Å². The summed E-state index contributed by atoms with van der Waals surface area (Å²) in [5, 5.41) is 18.0. The molecule has 2 aliphatic rings. The van der Waals surface area contributed by atoms with Crippen molar-refractivity contribution in [1.82, 2.24) is 9.80 Å². The maximum atomic E-state index is 12.2. The van der Waals surface area contributed by atoms with Crippen molar-refractivity contribution in [3.05, 3.63) is 0 Å². The van der Waals surface area contributed by atoms with Crippen molar-refractivity contribution in [1.29, 1.82) is 0 Å². The molecule has 6 heteroatoms. The van der Waals surface area contributed by atoms with E-state index in [1.165, 1.54) is 0 Å². The molecule has 2 rings (SSSR count). The SMILES string of the molecule is CN(CC1CC(O)C1)C(=O)N1CCC(CC(=O)O)C1. The van der Waals surface area contributed by atoms with Crippen LogP contribution in [0.1, 0.15) is 25.7 Å². The maximum absolute atomic E-state index is 12.2. The van der Waals surface area contributed by atoms with Gasteiger partial charge in [0.25, 0.3) is 0 Å². The second-order valence-electron chi connectivity index (χ2n) is 5.85. The summed E-state index contributed by atoms with van der Waals surface area (Å²) in [7, 11) is 1.78. The van der Waals surface area contributed by atoms with E-state index in [0.29, 0.717) is 25.6 Å². The van der Waals surface area contributed by atoms with Gasteiger partial charge in [0.1, 0.15) is 0 Å². The van der Waals surface area contributed by atoms with Crippen molar-refractivity contribution in [3.63, 3.8) is 0 Å². The molecular weight excluding hydrogens is 248 g/mol. The van der Waals surface area contributed by atoms with Crippen LogP contribution in [-0.4, -0.2) is 64.8 Å². The Kier molecular flexibility index (Phi) is 4.29. The van der Waals surface area contributed by atoms with Crippen LogP contribution in [0.25, 0.3) is 0 Å². The number of aliphatic hydroxyl groups is 1. The third-order valence-corrected chi connectivity index (χ3v) is 4.09. The number of carboxylic acid groups (broad SMARTS) is 1. The van der Waals surface area contributed by atoms with E-state index in [1.807, 2.05) is 0 Å². The fraction of sp³-hybridized carbons (Fsp3) is 0.846. The van der Waals surface area contributed by atoms with Gasteiger partial charge in [0, 0.05) is 33.1 Å². The molecule has 1 saturated heterocycles. The van der Waals surface area contributed by atoms with E-state index >= 15 is 0 Å². The summed E-state index contributed by atoms with van der Waals surface area (Å²) in [6, 6.07) is -0.0192. The first-order chi connectivity index (χ1) is 8.95. The summed E-state index contributed by atoms with van der Waals surface area (Å²) >= 11 is 0. The second-order valence-corrected chi connectivity index (χ2v) is 5.85. The van der Waals surface area contributed by atoms with Gasteiger partial charge in [0.05, 0.1) is 6.10 Å². The van der Waals surface area contributed by atoms with Crippen molar-refractivity contribution in [3.8, 4) is 0 Å². The van der Waals surface area contributed by atoms with Crippen LogP contribution >= 0.6 is 0 Å². The monoisotopic (exact) mass is 270 g/mol. The molecule has 19 heavy (non-hydrogen) atoms. The number of aliphatic carboxylic acids is 1.